The SMILES string of the molecule is CCNc1cncc(NCC(O)COC)c1. The van der Waals surface area contributed by atoms with Crippen LogP contribution in [-0.4, -0.2) is 43.0 Å². The number of nitrogens with one attached hydrogen (secondary N) is 2. The van der Waals surface area contributed by atoms with Gasteiger partial charge in [0.25, 0.3) is 0 Å². The van der Waals surface area contributed by atoms with Crippen LogP contribution in [0.4, 0.5) is 11.4 Å². The highest BCUT2D eigenvalue weighted by Crippen LogP contribution is 2.12. The molecule has 1 unspecified atom stereocenters. The molecule has 5 nitrogen and oxygen atoms in total. The van der Waals surface area contributed by atoms with Crippen molar-refractivity contribution in [2.45, 2.75) is 13.0 Å². The second-order valence-corrected chi connectivity index (χ2v) is 3.48. The van der Waals surface area contributed by atoms with Gasteiger partial charge in [-0.15, -0.1) is 0 Å². The summed E-state index contributed by atoms with van der Waals surface area (Å²) in [4.78, 5) is 4.09. The summed E-state index contributed by atoms with van der Waals surface area (Å²) in [5.74, 6) is 0. The molecule has 0 aromatic carbocycles. The van der Waals surface area contributed by atoms with Crippen molar-refractivity contribution in [2.75, 3.05) is 37.4 Å². The van der Waals surface area contributed by atoms with E-state index in [1.165, 1.54) is 0 Å². The number of hydrogen-bond donors (Lipinski definition) is 3. The maximum absolute atomic E-state index is 9.46. The minimum Gasteiger partial charge on any atom is -0.389 e. The fraction of sp³-hybridized carbons (Fsp3) is 0.545. The smallest absolute Gasteiger partial charge is 0.0945 e. The van der Waals surface area contributed by atoms with Gasteiger partial charge in [-0.2, -0.15) is 0 Å². The van der Waals surface area contributed by atoms with E-state index in [1.54, 1.807) is 19.5 Å². The Balaban J connectivity index is 2.44. The minimum absolute atomic E-state index is 0.327. The molecule has 90 valence electrons. The fourth-order valence-electron chi connectivity index (χ4n) is 1.32. The first-order chi connectivity index (χ1) is 7.76. The first kappa shape index (κ1) is 12.7. The number of nitrogens with zero attached hydrogens (tertiary/aromatic N) is 1. The molecule has 0 fully saturated rings. The van der Waals surface area contributed by atoms with Gasteiger partial charge >= 0.3 is 0 Å². The molecule has 1 atom stereocenters. The van der Waals surface area contributed by atoms with Crippen molar-refractivity contribution in [1.82, 2.24) is 4.98 Å². The Bertz CT molecular complexity index is 307. The van der Waals surface area contributed by atoms with Gasteiger partial charge in [-0.25, -0.2) is 0 Å². The van der Waals surface area contributed by atoms with Crippen LogP contribution in [0, 0.1) is 0 Å². The van der Waals surface area contributed by atoms with Gasteiger partial charge in [-0.05, 0) is 13.0 Å². The first-order valence-electron chi connectivity index (χ1n) is 5.36. The van der Waals surface area contributed by atoms with E-state index >= 15 is 0 Å². The van der Waals surface area contributed by atoms with Crippen LogP contribution in [-0.2, 0) is 4.74 Å². The van der Waals surface area contributed by atoms with Gasteiger partial charge in [0.1, 0.15) is 0 Å². The monoisotopic (exact) mass is 225 g/mol. The molecule has 16 heavy (non-hydrogen) atoms. The standard InChI is InChI=1S/C11H19N3O2/c1-3-13-9-4-10(6-12-5-9)14-7-11(15)8-16-2/h4-6,11,13-15H,3,7-8H2,1-2H3. The summed E-state index contributed by atoms with van der Waals surface area (Å²) in [5.41, 5.74) is 1.85. The second-order valence-electron chi connectivity index (χ2n) is 3.48. The van der Waals surface area contributed by atoms with Crippen molar-refractivity contribution < 1.29 is 9.84 Å². The summed E-state index contributed by atoms with van der Waals surface area (Å²) < 4.78 is 4.84. The number of ether oxygens (including phenoxy) is 1. The summed E-state index contributed by atoms with van der Waals surface area (Å²) >= 11 is 0. The molecule has 0 saturated heterocycles. The van der Waals surface area contributed by atoms with E-state index in [-0.39, 0.29) is 0 Å². The van der Waals surface area contributed by atoms with Crippen LogP contribution in [0.2, 0.25) is 0 Å². The first-order valence-corrected chi connectivity index (χ1v) is 5.36. The maximum Gasteiger partial charge on any atom is 0.0945 e. The summed E-state index contributed by atoms with van der Waals surface area (Å²) in [5, 5.41) is 15.7. The van der Waals surface area contributed by atoms with Gasteiger partial charge < -0.3 is 20.5 Å². The third-order valence-corrected chi connectivity index (χ3v) is 2.02. The lowest BCUT2D eigenvalue weighted by Crippen LogP contribution is -2.24. The van der Waals surface area contributed by atoms with E-state index in [1.807, 2.05) is 13.0 Å². The summed E-state index contributed by atoms with van der Waals surface area (Å²) in [7, 11) is 1.57. The summed E-state index contributed by atoms with van der Waals surface area (Å²) in [6.07, 6.45) is 2.98. The third-order valence-electron chi connectivity index (χ3n) is 2.02. The summed E-state index contributed by atoms with van der Waals surface area (Å²) in [6.45, 7) is 3.66. The molecule has 0 saturated carbocycles. The van der Waals surface area contributed by atoms with Crippen molar-refractivity contribution in [3.05, 3.63) is 18.5 Å². The Labute approximate surface area is 95.8 Å². The van der Waals surface area contributed by atoms with Crippen LogP contribution in [0.15, 0.2) is 18.5 Å². The quantitative estimate of drug-likeness (QED) is 0.644. The summed E-state index contributed by atoms with van der Waals surface area (Å²) in [6, 6.07) is 1.95. The molecular formula is C11H19N3O2. The maximum atomic E-state index is 9.46. The second kappa shape index (κ2) is 7.03. The zero-order chi connectivity index (χ0) is 11.8. The molecule has 1 aromatic heterocycles. The van der Waals surface area contributed by atoms with E-state index in [2.05, 4.69) is 15.6 Å². The van der Waals surface area contributed by atoms with Gasteiger partial charge in [-0.1, -0.05) is 0 Å². The van der Waals surface area contributed by atoms with Crippen LogP contribution in [0.5, 0.6) is 0 Å². The molecule has 0 aliphatic heterocycles. The molecule has 1 rings (SSSR count). The van der Waals surface area contributed by atoms with E-state index in [4.69, 9.17) is 4.74 Å². The highest BCUT2D eigenvalue weighted by Gasteiger charge is 2.03. The molecule has 0 radical (unpaired) electrons. The van der Waals surface area contributed by atoms with Gasteiger partial charge in [0.15, 0.2) is 0 Å². The lowest BCUT2D eigenvalue weighted by Gasteiger charge is -2.12. The molecule has 1 aromatic rings. The number of aromatic nitrogens is 1. The Hall–Kier alpha value is -1.33. The van der Waals surface area contributed by atoms with Crippen molar-refractivity contribution in [3.63, 3.8) is 0 Å². The highest BCUT2D eigenvalue weighted by atomic mass is 16.5. The van der Waals surface area contributed by atoms with Crippen LogP contribution in [0.25, 0.3) is 0 Å². The Morgan fingerprint density at radius 1 is 1.38 bits per heavy atom. The molecule has 3 N–H and O–H groups in total. The lowest BCUT2D eigenvalue weighted by molar-refractivity contribution is 0.0727. The van der Waals surface area contributed by atoms with Crippen molar-refractivity contribution >= 4 is 11.4 Å². The number of pyridine rings is 1. The predicted octanol–water partition coefficient (Wildman–Crippen LogP) is 0.933. The zero-order valence-corrected chi connectivity index (χ0v) is 9.73. The predicted molar refractivity (Wildman–Crippen MR) is 64.8 cm³/mol. The molecule has 0 aliphatic rings. The Kier molecular flexibility index (Phi) is 5.60. The van der Waals surface area contributed by atoms with E-state index < -0.39 is 6.10 Å². The number of anilines is 2. The molecule has 1 heterocycles. The van der Waals surface area contributed by atoms with Gasteiger partial charge in [0.05, 0.1) is 36.5 Å². The highest BCUT2D eigenvalue weighted by molar-refractivity contribution is 5.53. The Morgan fingerprint density at radius 2 is 2.06 bits per heavy atom. The van der Waals surface area contributed by atoms with E-state index in [9.17, 15) is 5.11 Å². The van der Waals surface area contributed by atoms with Crippen molar-refractivity contribution in [1.29, 1.82) is 0 Å². The normalized spacial score (nSPS) is 12.2. The average Bonchev–Trinajstić information content (AvgIpc) is 2.28. The van der Waals surface area contributed by atoms with Crippen LogP contribution in [0.1, 0.15) is 6.92 Å². The van der Waals surface area contributed by atoms with Crippen molar-refractivity contribution in [3.8, 4) is 0 Å². The molecule has 0 bridgehead atoms. The van der Waals surface area contributed by atoms with Crippen LogP contribution < -0.4 is 10.6 Å². The fourth-order valence-corrected chi connectivity index (χ4v) is 1.32. The number of aliphatic hydroxyl groups is 1. The number of rotatable bonds is 7. The van der Waals surface area contributed by atoms with Gasteiger partial charge in [-0.3, -0.25) is 4.98 Å². The molecule has 5 heteroatoms. The number of methoxy groups -OCH3 is 1. The Morgan fingerprint density at radius 3 is 2.69 bits per heavy atom. The van der Waals surface area contributed by atoms with Gasteiger partial charge in [0, 0.05) is 20.2 Å². The molecular weight excluding hydrogens is 206 g/mol. The third kappa shape index (κ3) is 4.46. The minimum atomic E-state index is -0.507. The topological polar surface area (TPSA) is 66.4 Å². The van der Waals surface area contributed by atoms with Crippen molar-refractivity contribution in [2.24, 2.45) is 0 Å². The van der Waals surface area contributed by atoms with Crippen LogP contribution in [0.3, 0.4) is 0 Å². The molecule has 0 aliphatic carbocycles. The zero-order valence-electron chi connectivity index (χ0n) is 9.73. The average molecular weight is 225 g/mol. The van der Waals surface area contributed by atoms with Crippen LogP contribution >= 0.6 is 0 Å². The van der Waals surface area contributed by atoms with E-state index in [0.717, 1.165) is 17.9 Å². The van der Waals surface area contributed by atoms with Gasteiger partial charge in [0.2, 0.25) is 0 Å². The lowest BCUT2D eigenvalue weighted by atomic mass is 10.3. The number of aliphatic hydroxyl groups excluding tert-OH is 1. The molecule has 0 spiro atoms. The molecule has 0 amide bonds. The largest absolute Gasteiger partial charge is 0.389 e. The number of hydrogen-bond acceptors (Lipinski definition) is 5. The van der Waals surface area contributed by atoms with E-state index in [0.29, 0.717) is 13.2 Å².